The number of nitrogens with two attached hydrogens (primary N) is 1. The van der Waals surface area contributed by atoms with Crippen LogP contribution >= 0.6 is 0 Å². The quantitative estimate of drug-likeness (QED) is 0.557. The summed E-state index contributed by atoms with van der Waals surface area (Å²) in [6, 6.07) is 8.72. The minimum absolute atomic E-state index is 0. The summed E-state index contributed by atoms with van der Waals surface area (Å²) in [5, 5.41) is 18.9. The van der Waals surface area contributed by atoms with Crippen LogP contribution in [0.1, 0.15) is 44.5 Å². The Morgan fingerprint density at radius 3 is 2.71 bits per heavy atom. The van der Waals surface area contributed by atoms with E-state index >= 15 is 0 Å². The molecule has 1 aliphatic heterocycles. The van der Waals surface area contributed by atoms with Crippen LogP contribution in [0.3, 0.4) is 0 Å². The molecule has 1 aromatic carbocycles. The molecule has 11 heteroatoms. The van der Waals surface area contributed by atoms with E-state index in [1.54, 1.807) is 24.3 Å². The molecule has 0 bridgehead atoms. The number of nitrogens with zero attached hydrogens (tertiary/aromatic N) is 3. The van der Waals surface area contributed by atoms with Gasteiger partial charge < -0.3 is 26.2 Å². The Morgan fingerprint density at radius 2 is 2.09 bits per heavy atom. The van der Waals surface area contributed by atoms with Gasteiger partial charge in [0.15, 0.2) is 19.7 Å². The number of anilines is 1. The van der Waals surface area contributed by atoms with Gasteiger partial charge in [0.2, 0.25) is 5.88 Å². The number of hydrogen-bond donors (Lipinski definition) is 2. The number of carboxylic acids is 1. The molecular formula is C23H31LiN4O5Si. The van der Waals surface area contributed by atoms with E-state index in [-0.39, 0.29) is 54.5 Å². The Bertz CT molecular complexity index is 1090. The minimum atomic E-state index is -2.00. The molecule has 2 heterocycles. The molecule has 0 spiro atoms. The first kappa shape index (κ1) is 27.8. The molecule has 178 valence electrons. The van der Waals surface area contributed by atoms with Crippen molar-refractivity contribution >= 4 is 20.1 Å². The molecule has 0 amide bonds. The van der Waals surface area contributed by atoms with Crippen LogP contribution in [-0.2, 0) is 9.16 Å². The van der Waals surface area contributed by atoms with Crippen molar-refractivity contribution in [1.82, 2.24) is 9.97 Å². The van der Waals surface area contributed by atoms with E-state index in [0.29, 0.717) is 30.8 Å². The molecular weight excluding hydrogens is 447 g/mol. The number of carboxylic acid groups (broad SMARTS) is 1. The molecule has 0 radical (unpaired) electrons. The second-order valence-electron chi connectivity index (χ2n) is 9.54. The van der Waals surface area contributed by atoms with Gasteiger partial charge in [-0.25, -0.2) is 9.78 Å². The van der Waals surface area contributed by atoms with Crippen molar-refractivity contribution in [3.63, 3.8) is 0 Å². The smallest absolute Gasteiger partial charge is 1.00 e. The van der Waals surface area contributed by atoms with E-state index in [2.05, 4.69) is 49.9 Å². The van der Waals surface area contributed by atoms with E-state index in [1.807, 2.05) is 0 Å². The zero-order valence-electron chi connectivity index (χ0n) is 21.6. The Hall–Kier alpha value is -2.41. The topological polar surface area (TPSA) is 141 Å². The Labute approximate surface area is 214 Å². The van der Waals surface area contributed by atoms with Gasteiger partial charge in [0.1, 0.15) is 18.0 Å². The largest absolute Gasteiger partial charge is 1.00 e. The number of aromatic nitrogens is 2. The van der Waals surface area contributed by atoms with Gasteiger partial charge in [0.25, 0.3) is 0 Å². The molecule has 0 aliphatic carbocycles. The predicted octanol–water partition coefficient (Wildman–Crippen LogP) is 0.970. The number of carbonyl (C=O) groups is 1. The number of nitriles is 1. The van der Waals surface area contributed by atoms with Crippen molar-refractivity contribution in [2.24, 2.45) is 0 Å². The fraction of sp³-hybridized carbons (Fsp3) is 0.478. The van der Waals surface area contributed by atoms with E-state index < -0.39 is 20.4 Å². The third kappa shape index (κ3) is 6.18. The Balaban J connectivity index is 0.00000306. The van der Waals surface area contributed by atoms with Crippen LogP contribution in [0.2, 0.25) is 18.1 Å². The van der Waals surface area contributed by atoms with Crippen LogP contribution in [0.15, 0.2) is 24.3 Å². The number of hydrogen-bond acceptors (Lipinski definition) is 8. The summed E-state index contributed by atoms with van der Waals surface area (Å²) in [4.78, 5) is 20.4. The van der Waals surface area contributed by atoms with Crippen LogP contribution < -0.4 is 29.3 Å². The normalized spacial score (nSPS) is 18.1. The van der Waals surface area contributed by atoms with Gasteiger partial charge in [-0.1, -0.05) is 32.9 Å². The molecule has 3 rings (SSSR count). The number of benzene rings is 1. The van der Waals surface area contributed by atoms with Crippen molar-refractivity contribution in [3.8, 4) is 23.3 Å². The predicted molar refractivity (Wildman–Crippen MR) is 127 cm³/mol. The van der Waals surface area contributed by atoms with Gasteiger partial charge in [0.05, 0.1) is 24.8 Å². The molecule has 1 aliphatic rings. The van der Waals surface area contributed by atoms with Gasteiger partial charge in [0, 0.05) is 12.0 Å². The summed E-state index contributed by atoms with van der Waals surface area (Å²) in [5.74, 6) is -1.44. The van der Waals surface area contributed by atoms with Crippen LogP contribution in [-0.4, -0.2) is 54.8 Å². The average Bonchev–Trinajstić information content (AvgIpc) is 3.17. The van der Waals surface area contributed by atoms with E-state index in [9.17, 15) is 15.2 Å². The van der Waals surface area contributed by atoms with Crippen LogP contribution in [0.5, 0.6) is 5.88 Å². The zero-order chi connectivity index (χ0) is 24.4. The zero-order valence-corrected chi connectivity index (χ0v) is 21.6. The first-order chi connectivity index (χ1) is 15.4. The summed E-state index contributed by atoms with van der Waals surface area (Å²) in [6.45, 7) is 11.6. The third-order valence-electron chi connectivity index (χ3n) is 6.19. The standard InChI is InChI=1S/C23H30N4O5Si.Li.H/c1-23(2,3)33(4,5)31-13-17-16(9-10-30-17)32-21-18(22(28)29)19(25)26-20(27-21)15-8-6-7-14(11-15)12-24;;/h6-8,11,16-17H,9-10,13H2,1-5H3,(H,28,29)(H2,25,26,27);;/q;+1;-1/t16-,17+;;/m0../s1. The average molecular weight is 479 g/mol. The maximum absolute atomic E-state index is 11.9. The van der Waals surface area contributed by atoms with Gasteiger partial charge >= 0.3 is 24.8 Å². The number of nitrogen functional groups attached to an aromatic ring is 1. The van der Waals surface area contributed by atoms with Crippen LogP contribution in [0.4, 0.5) is 5.82 Å². The monoisotopic (exact) mass is 478 g/mol. The molecule has 3 N–H and O–H groups in total. The van der Waals surface area contributed by atoms with Gasteiger partial charge in [-0.15, -0.1) is 0 Å². The van der Waals surface area contributed by atoms with Crippen LogP contribution in [0.25, 0.3) is 11.4 Å². The van der Waals surface area contributed by atoms with Crippen molar-refractivity contribution < 1.29 is 44.1 Å². The summed E-state index contributed by atoms with van der Waals surface area (Å²) < 4.78 is 18.2. The van der Waals surface area contributed by atoms with E-state index in [0.717, 1.165) is 0 Å². The summed E-state index contributed by atoms with van der Waals surface area (Å²) in [6.07, 6.45) is -0.240. The van der Waals surface area contributed by atoms with E-state index in [4.69, 9.17) is 19.6 Å². The first-order valence-electron chi connectivity index (χ1n) is 10.8. The molecule has 1 fully saturated rings. The molecule has 1 saturated heterocycles. The second-order valence-corrected chi connectivity index (χ2v) is 14.3. The van der Waals surface area contributed by atoms with E-state index in [1.165, 1.54) is 0 Å². The Morgan fingerprint density at radius 1 is 1.38 bits per heavy atom. The third-order valence-corrected chi connectivity index (χ3v) is 10.7. The van der Waals surface area contributed by atoms with Crippen molar-refractivity contribution in [1.29, 1.82) is 5.26 Å². The van der Waals surface area contributed by atoms with Crippen molar-refractivity contribution in [2.75, 3.05) is 18.9 Å². The fourth-order valence-corrected chi connectivity index (χ4v) is 4.18. The maximum atomic E-state index is 11.9. The summed E-state index contributed by atoms with van der Waals surface area (Å²) >= 11 is 0. The number of rotatable bonds is 7. The maximum Gasteiger partial charge on any atom is 1.00 e. The Kier molecular flexibility index (Phi) is 8.92. The van der Waals surface area contributed by atoms with Gasteiger partial charge in [-0.3, -0.25) is 0 Å². The SMILES string of the molecule is CC(C)(C)[Si](C)(C)OC[C@H]1OCC[C@@H]1Oc1nc(-c2cccc(C#N)c2)nc(N)c1C(=O)O.[H-].[Li+]. The molecule has 34 heavy (non-hydrogen) atoms. The molecule has 0 unspecified atom stereocenters. The minimum Gasteiger partial charge on any atom is -1.00 e. The molecule has 9 nitrogen and oxygen atoms in total. The molecule has 2 atom stereocenters. The van der Waals surface area contributed by atoms with Crippen LogP contribution in [0, 0.1) is 11.3 Å². The molecule has 0 saturated carbocycles. The summed E-state index contributed by atoms with van der Waals surface area (Å²) in [7, 11) is -2.00. The first-order valence-corrected chi connectivity index (χ1v) is 13.7. The van der Waals surface area contributed by atoms with Crippen molar-refractivity contribution in [2.45, 2.75) is 57.5 Å². The second kappa shape index (κ2) is 10.9. The van der Waals surface area contributed by atoms with Gasteiger partial charge in [-0.2, -0.15) is 10.2 Å². The molecule has 2 aromatic rings. The molecule has 1 aromatic heterocycles. The van der Waals surface area contributed by atoms with Gasteiger partial charge in [-0.05, 0) is 30.3 Å². The number of aromatic carboxylic acids is 1. The van der Waals surface area contributed by atoms with Crippen molar-refractivity contribution in [3.05, 3.63) is 35.4 Å². The fourth-order valence-electron chi connectivity index (χ4n) is 3.17. The summed E-state index contributed by atoms with van der Waals surface area (Å²) in [5.41, 5.74) is 6.63. The number of ether oxygens (including phenoxy) is 2.